The minimum atomic E-state index is -3.95. The number of carbonyl (C=O) groups is 1. The average molecular weight is 499 g/mol. The van der Waals surface area contributed by atoms with Gasteiger partial charge in [0.1, 0.15) is 5.75 Å². The summed E-state index contributed by atoms with van der Waals surface area (Å²) in [5, 5.41) is 3.33. The second kappa shape index (κ2) is 9.68. The van der Waals surface area contributed by atoms with E-state index in [0.717, 1.165) is 17.5 Å². The zero-order chi connectivity index (χ0) is 24.5. The molecule has 0 aromatic heterocycles. The van der Waals surface area contributed by atoms with Crippen LogP contribution >= 0.6 is 11.6 Å². The highest BCUT2D eigenvalue weighted by molar-refractivity contribution is 7.92. The van der Waals surface area contributed by atoms with E-state index in [-0.39, 0.29) is 23.2 Å². The Bertz CT molecular complexity index is 1290. The minimum absolute atomic E-state index is 0.134. The van der Waals surface area contributed by atoms with Crippen molar-refractivity contribution in [3.05, 3.63) is 88.4 Å². The van der Waals surface area contributed by atoms with Gasteiger partial charge in [0.15, 0.2) is 6.10 Å². The summed E-state index contributed by atoms with van der Waals surface area (Å²) in [5.74, 6) is -0.108. The summed E-state index contributed by atoms with van der Waals surface area (Å²) < 4.78 is 34.2. The molecule has 0 radical (unpaired) electrons. The third-order valence-electron chi connectivity index (χ3n) is 5.94. The molecule has 1 N–H and O–H groups in total. The molecular weight excluding hydrogens is 472 g/mol. The van der Waals surface area contributed by atoms with Crippen LogP contribution in [0.4, 0.5) is 5.69 Å². The lowest BCUT2D eigenvalue weighted by Crippen LogP contribution is -2.51. The average Bonchev–Trinajstić information content (AvgIpc) is 2.83. The van der Waals surface area contributed by atoms with E-state index in [1.807, 2.05) is 38.1 Å². The van der Waals surface area contributed by atoms with Gasteiger partial charge in [-0.2, -0.15) is 0 Å². The molecule has 1 aliphatic rings. The third kappa shape index (κ3) is 4.91. The maximum Gasteiger partial charge on any atom is 0.264 e. The van der Waals surface area contributed by atoms with Crippen molar-refractivity contribution in [2.24, 2.45) is 0 Å². The number of rotatable bonds is 6. The van der Waals surface area contributed by atoms with Gasteiger partial charge in [-0.3, -0.25) is 9.10 Å². The van der Waals surface area contributed by atoms with E-state index in [4.69, 9.17) is 16.3 Å². The molecule has 0 saturated carbocycles. The van der Waals surface area contributed by atoms with Gasteiger partial charge in [-0.1, -0.05) is 60.5 Å². The molecule has 0 bridgehead atoms. The van der Waals surface area contributed by atoms with Gasteiger partial charge >= 0.3 is 0 Å². The van der Waals surface area contributed by atoms with Gasteiger partial charge in [0.05, 0.1) is 23.2 Å². The van der Waals surface area contributed by atoms with Crippen molar-refractivity contribution < 1.29 is 17.9 Å². The smallest absolute Gasteiger partial charge is 0.264 e. The molecule has 0 spiro atoms. The first-order valence-electron chi connectivity index (χ1n) is 11.1. The second-order valence-electron chi connectivity index (χ2n) is 8.39. The summed E-state index contributed by atoms with van der Waals surface area (Å²) in [6.45, 7) is 5.69. The molecule has 178 valence electrons. The lowest BCUT2D eigenvalue weighted by atomic mass is 10.0. The minimum Gasteiger partial charge on any atom is -0.476 e. The zero-order valence-corrected chi connectivity index (χ0v) is 20.9. The quantitative estimate of drug-likeness (QED) is 0.516. The maximum absolute atomic E-state index is 13.5. The van der Waals surface area contributed by atoms with Crippen LogP contribution in [0.2, 0.25) is 5.02 Å². The van der Waals surface area contributed by atoms with Crippen LogP contribution in [0.15, 0.2) is 71.6 Å². The lowest BCUT2D eigenvalue weighted by Gasteiger charge is -2.35. The summed E-state index contributed by atoms with van der Waals surface area (Å²) in [6.07, 6.45) is -0.0858. The van der Waals surface area contributed by atoms with E-state index in [1.165, 1.54) is 15.9 Å². The number of hydrogen-bond donors (Lipinski definition) is 1. The molecular formula is C26H27ClN2O4S. The Hall–Kier alpha value is -3.03. The van der Waals surface area contributed by atoms with Crippen molar-refractivity contribution in [2.45, 2.75) is 44.2 Å². The first kappa shape index (κ1) is 24.1. The molecule has 0 fully saturated rings. The van der Waals surface area contributed by atoms with E-state index in [2.05, 4.69) is 12.2 Å². The number of hydrogen-bond acceptors (Lipinski definition) is 4. The number of aryl methyl sites for hydroxylation is 2. The predicted octanol–water partition coefficient (Wildman–Crippen LogP) is 5.04. The zero-order valence-electron chi connectivity index (χ0n) is 19.3. The molecule has 6 nitrogen and oxygen atoms in total. The van der Waals surface area contributed by atoms with Crippen LogP contribution in [0.25, 0.3) is 0 Å². The molecule has 3 aromatic carbocycles. The van der Waals surface area contributed by atoms with Gasteiger partial charge in [0, 0.05) is 5.02 Å². The fourth-order valence-corrected chi connectivity index (χ4v) is 5.49. The number of anilines is 1. The Morgan fingerprint density at radius 2 is 1.79 bits per heavy atom. The van der Waals surface area contributed by atoms with Gasteiger partial charge in [0.25, 0.3) is 15.9 Å². The molecule has 4 rings (SSSR count). The van der Waals surface area contributed by atoms with E-state index in [1.54, 1.807) is 36.4 Å². The first-order chi connectivity index (χ1) is 16.2. The summed E-state index contributed by atoms with van der Waals surface area (Å²) in [4.78, 5) is 13.3. The Labute approximate surface area is 205 Å². The number of sulfonamides is 1. The number of nitrogens with one attached hydrogen (secondary N) is 1. The highest BCUT2D eigenvalue weighted by Crippen LogP contribution is 2.39. The third-order valence-corrected chi connectivity index (χ3v) is 7.97. The second-order valence-corrected chi connectivity index (χ2v) is 10.7. The van der Waals surface area contributed by atoms with Gasteiger partial charge in [-0.25, -0.2) is 8.42 Å². The number of carbonyl (C=O) groups excluding carboxylic acids is 1. The van der Waals surface area contributed by atoms with Crippen molar-refractivity contribution in [3.8, 4) is 5.75 Å². The molecule has 3 aromatic rings. The Balaban J connectivity index is 1.61. The first-order valence-corrected chi connectivity index (χ1v) is 13.0. The lowest BCUT2D eigenvalue weighted by molar-refractivity contribution is -0.128. The molecule has 1 aliphatic heterocycles. The Morgan fingerprint density at radius 1 is 1.12 bits per heavy atom. The molecule has 1 amide bonds. The van der Waals surface area contributed by atoms with Gasteiger partial charge in [-0.05, 0) is 61.7 Å². The topological polar surface area (TPSA) is 75.7 Å². The standard InChI is InChI=1S/C26H27ClN2O4S/c1-4-19-7-9-20(10-8-19)18(3)28-26(30)25-16-29(23-15-21(27)11-14-24(23)33-25)34(31,32)22-12-5-17(2)6-13-22/h5-15,18,25H,4,16H2,1-3H3,(H,28,30)/t18-,25+/m0/s1. The molecule has 8 heteroatoms. The SMILES string of the molecule is CCc1ccc([C@H](C)NC(=O)[C@H]2CN(S(=O)(=O)c3ccc(C)cc3)c3cc(Cl)ccc3O2)cc1. The van der Waals surface area contributed by atoms with Crippen molar-refractivity contribution in [3.63, 3.8) is 0 Å². The van der Waals surface area contributed by atoms with Gasteiger partial charge in [0.2, 0.25) is 0 Å². The van der Waals surface area contributed by atoms with Crippen molar-refractivity contribution in [2.75, 3.05) is 10.8 Å². The largest absolute Gasteiger partial charge is 0.476 e. The maximum atomic E-state index is 13.5. The van der Waals surface area contributed by atoms with Crippen molar-refractivity contribution in [1.29, 1.82) is 0 Å². The van der Waals surface area contributed by atoms with E-state index < -0.39 is 22.0 Å². The van der Waals surface area contributed by atoms with Crippen LogP contribution in [-0.2, 0) is 21.2 Å². The van der Waals surface area contributed by atoms with Crippen LogP contribution in [-0.4, -0.2) is 27.0 Å². The number of benzene rings is 3. The number of fused-ring (bicyclic) bond motifs is 1. The number of amides is 1. The fraction of sp³-hybridized carbons (Fsp3) is 0.269. The normalized spacial score (nSPS) is 16.4. The Kier molecular flexibility index (Phi) is 6.86. The molecule has 2 atom stereocenters. The fourth-order valence-electron chi connectivity index (χ4n) is 3.86. The number of nitrogens with zero attached hydrogens (tertiary/aromatic N) is 1. The van der Waals surface area contributed by atoms with Crippen molar-refractivity contribution in [1.82, 2.24) is 5.32 Å². The molecule has 0 unspecified atom stereocenters. The van der Waals surface area contributed by atoms with E-state index in [0.29, 0.717) is 10.7 Å². The van der Waals surface area contributed by atoms with Crippen LogP contribution in [0, 0.1) is 6.92 Å². The summed E-state index contributed by atoms with van der Waals surface area (Å²) in [5.41, 5.74) is 3.42. The molecule has 34 heavy (non-hydrogen) atoms. The van der Waals surface area contributed by atoms with Gasteiger partial charge in [-0.15, -0.1) is 0 Å². The number of halogens is 1. The molecule has 1 heterocycles. The van der Waals surface area contributed by atoms with Crippen LogP contribution < -0.4 is 14.4 Å². The monoisotopic (exact) mass is 498 g/mol. The summed E-state index contributed by atoms with van der Waals surface area (Å²) >= 11 is 6.16. The van der Waals surface area contributed by atoms with Crippen LogP contribution in [0.5, 0.6) is 5.75 Å². The van der Waals surface area contributed by atoms with Crippen molar-refractivity contribution >= 4 is 33.2 Å². The van der Waals surface area contributed by atoms with E-state index in [9.17, 15) is 13.2 Å². The highest BCUT2D eigenvalue weighted by atomic mass is 35.5. The summed E-state index contributed by atoms with van der Waals surface area (Å²) in [6, 6.07) is 19.1. The summed E-state index contributed by atoms with van der Waals surface area (Å²) in [7, 11) is -3.95. The molecule has 0 aliphatic carbocycles. The van der Waals surface area contributed by atoms with Gasteiger partial charge < -0.3 is 10.1 Å². The highest BCUT2D eigenvalue weighted by Gasteiger charge is 2.38. The molecule has 0 saturated heterocycles. The predicted molar refractivity (Wildman–Crippen MR) is 134 cm³/mol. The van der Waals surface area contributed by atoms with E-state index >= 15 is 0 Å². The van der Waals surface area contributed by atoms with Crippen LogP contribution in [0.3, 0.4) is 0 Å². The van der Waals surface area contributed by atoms with Crippen LogP contribution in [0.1, 0.15) is 36.6 Å². The number of ether oxygens (including phenoxy) is 1. The Morgan fingerprint density at radius 3 is 2.44 bits per heavy atom.